The number of amides is 5. The van der Waals surface area contributed by atoms with Crippen molar-refractivity contribution in [3.05, 3.63) is 29.8 Å². The molecular weight excluding hydrogens is 582 g/mol. The van der Waals surface area contributed by atoms with Crippen molar-refractivity contribution >= 4 is 41.7 Å². The molecule has 13 nitrogen and oxygen atoms in total. The van der Waals surface area contributed by atoms with Gasteiger partial charge in [0.1, 0.15) is 12.4 Å². The van der Waals surface area contributed by atoms with Gasteiger partial charge in [0.25, 0.3) is 0 Å². The molecule has 5 amide bonds. The minimum Gasteiger partial charge on any atom is -0.461 e. The highest BCUT2D eigenvalue weighted by atomic mass is 16.5. The van der Waals surface area contributed by atoms with E-state index in [0.29, 0.717) is 58.2 Å². The van der Waals surface area contributed by atoms with Crippen molar-refractivity contribution in [1.29, 1.82) is 0 Å². The lowest BCUT2D eigenvalue weighted by atomic mass is 10.2. The van der Waals surface area contributed by atoms with Crippen LogP contribution >= 0.6 is 0 Å². The predicted octanol–water partition coefficient (Wildman–Crippen LogP) is 3.98. The number of ketones is 1. The molecule has 1 rings (SSSR count). The van der Waals surface area contributed by atoms with E-state index in [9.17, 15) is 28.8 Å². The molecule has 0 aliphatic rings. The number of carbonyl (C=O) groups is 6. The van der Waals surface area contributed by atoms with Crippen LogP contribution in [0.15, 0.2) is 24.3 Å². The summed E-state index contributed by atoms with van der Waals surface area (Å²) in [7, 11) is 0. The number of urea groups is 1. The molecule has 0 spiro atoms. The van der Waals surface area contributed by atoms with Crippen LogP contribution in [-0.4, -0.2) is 68.9 Å². The van der Waals surface area contributed by atoms with Gasteiger partial charge in [-0.3, -0.25) is 24.0 Å². The first-order valence-corrected chi connectivity index (χ1v) is 15.7. The summed E-state index contributed by atoms with van der Waals surface area (Å²) in [5, 5.41) is 10.1. The second-order valence-corrected chi connectivity index (χ2v) is 9.21. The van der Waals surface area contributed by atoms with Crippen LogP contribution in [-0.2, 0) is 40.1 Å². The van der Waals surface area contributed by atoms with Crippen LogP contribution in [0.4, 0.5) is 10.5 Å². The number of nitrogens with two attached hydrogens (primary N) is 1. The van der Waals surface area contributed by atoms with Crippen LogP contribution in [0.1, 0.15) is 98.5 Å². The highest BCUT2D eigenvalue weighted by Crippen LogP contribution is 2.09. The van der Waals surface area contributed by atoms with Gasteiger partial charge in [-0.15, -0.1) is 0 Å². The van der Waals surface area contributed by atoms with E-state index in [1.807, 2.05) is 20.8 Å². The number of anilines is 1. The van der Waals surface area contributed by atoms with Gasteiger partial charge < -0.3 is 36.5 Å². The highest BCUT2D eigenvalue weighted by Gasteiger charge is 2.06. The summed E-state index contributed by atoms with van der Waals surface area (Å²) in [4.78, 5) is 65.8. The van der Waals surface area contributed by atoms with Gasteiger partial charge in [-0.1, -0.05) is 60.1 Å². The Labute approximate surface area is 269 Å². The van der Waals surface area contributed by atoms with Crippen LogP contribution in [0, 0.1) is 0 Å². The summed E-state index contributed by atoms with van der Waals surface area (Å²) in [5.41, 5.74) is 6.53. The Balaban J connectivity index is -0.000000744. The average molecular weight is 640 g/mol. The quantitative estimate of drug-likeness (QED) is 0.0802. The number of carbonyl (C=O) groups excluding carboxylic acids is 6. The lowest BCUT2D eigenvalue weighted by Crippen LogP contribution is -2.37. The molecule has 0 saturated heterocycles. The fourth-order valence-corrected chi connectivity index (χ4v) is 2.91. The monoisotopic (exact) mass is 639 g/mol. The molecule has 6 N–H and O–H groups in total. The number of hydrogen-bond acceptors (Lipinski definition) is 8. The maximum atomic E-state index is 11.5. The van der Waals surface area contributed by atoms with Gasteiger partial charge in [-0.2, -0.15) is 0 Å². The van der Waals surface area contributed by atoms with Gasteiger partial charge in [-0.25, -0.2) is 4.79 Å². The van der Waals surface area contributed by atoms with Gasteiger partial charge in [0.05, 0.1) is 19.8 Å². The third-order valence-corrected chi connectivity index (χ3v) is 5.07. The van der Waals surface area contributed by atoms with Gasteiger partial charge >= 0.3 is 12.0 Å². The first-order valence-electron chi connectivity index (χ1n) is 15.7. The number of esters is 1. The molecule has 0 unspecified atom stereocenters. The van der Waals surface area contributed by atoms with Crippen molar-refractivity contribution in [2.75, 3.05) is 38.2 Å². The Kier molecular flexibility index (Phi) is 34.8. The Morgan fingerprint density at radius 3 is 1.91 bits per heavy atom. The maximum absolute atomic E-state index is 11.5. The molecule has 0 fully saturated rings. The summed E-state index contributed by atoms with van der Waals surface area (Å²) in [6.45, 7) is 13.6. The third kappa shape index (κ3) is 34.4. The fraction of sp³-hybridized carbons (Fsp3) is 0.625. The minimum atomic E-state index is -0.566. The number of nitrogens with one attached hydrogen (secondary N) is 4. The van der Waals surface area contributed by atoms with Gasteiger partial charge in [0, 0.05) is 44.5 Å². The van der Waals surface area contributed by atoms with E-state index in [0.717, 1.165) is 17.7 Å². The van der Waals surface area contributed by atoms with Gasteiger partial charge in [-0.05, 0) is 37.0 Å². The Hall–Kier alpha value is -4.00. The summed E-state index contributed by atoms with van der Waals surface area (Å²) in [5.74, 6) is -0.609. The molecule has 1 aromatic carbocycles. The summed E-state index contributed by atoms with van der Waals surface area (Å²) in [6, 6.07) is 6.54. The van der Waals surface area contributed by atoms with Crippen molar-refractivity contribution in [2.45, 2.75) is 99.5 Å². The molecule has 0 aliphatic heterocycles. The highest BCUT2D eigenvalue weighted by molar-refractivity contribution is 5.84. The van der Waals surface area contributed by atoms with Gasteiger partial charge in [0.15, 0.2) is 0 Å². The fourth-order valence-electron chi connectivity index (χ4n) is 2.91. The average Bonchev–Trinajstić information content (AvgIpc) is 3.03. The standard InChI is InChI=1S/C16H30N4O5.C11H13NO3.C3H8.C2H6/c1-2-5-13(21)6-10-25-11-7-14(22)20-12-15(23)18-8-3-4-9-19-16(17)24;1-2-11(14)15-7-9-3-5-10(6-4-9)12-8-13;1-3-2;1-2/h2-12H2,1H3,(H,18,23)(H,20,22)(H3,17,19,24);3-6,8H,2,7H2,1H3,(H,12,13);3H2,1-2H3;1-2H3. The largest absolute Gasteiger partial charge is 0.461 e. The number of Topliss-reactive ketones (excluding diaryl/α,β-unsaturated/α-hetero) is 1. The van der Waals surface area contributed by atoms with Crippen molar-refractivity contribution < 1.29 is 38.2 Å². The van der Waals surface area contributed by atoms with E-state index in [4.69, 9.17) is 15.2 Å². The summed E-state index contributed by atoms with van der Waals surface area (Å²) in [6.07, 6.45) is 5.55. The second-order valence-electron chi connectivity index (χ2n) is 9.21. The molecule has 0 bridgehead atoms. The van der Waals surface area contributed by atoms with Crippen molar-refractivity contribution in [3.8, 4) is 0 Å². The molecule has 0 atom stereocenters. The smallest absolute Gasteiger partial charge is 0.312 e. The van der Waals surface area contributed by atoms with E-state index < -0.39 is 6.03 Å². The molecule has 13 heteroatoms. The van der Waals surface area contributed by atoms with E-state index in [1.165, 1.54) is 6.42 Å². The first-order chi connectivity index (χ1) is 21.6. The Morgan fingerprint density at radius 1 is 0.800 bits per heavy atom. The molecule has 0 aromatic heterocycles. The van der Waals surface area contributed by atoms with Crippen LogP contribution in [0.2, 0.25) is 0 Å². The number of primary amides is 1. The minimum absolute atomic E-state index is 0.0899. The molecular formula is C32H57N5O8. The number of ether oxygens (including phenoxy) is 2. The van der Waals surface area contributed by atoms with Crippen LogP contribution < -0.4 is 27.0 Å². The second kappa shape index (κ2) is 34.5. The molecule has 0 aliphatic carbocycles. The zero-order chi connectivity index (χ0) is 34.7. The number of hydrogen-bond donors (Lipinski definition) is 5. The van der Waals surface area contributed by atoms with Gasteiger partial charge in [0.2, 0.25) is 18.2 Å². The van der Waals surface area contributed by atoms with Crippen molar-refractivity contribution in [3.63, 3.8) is 0 Å². The number of unbranched alkanes of at least 4 members (excludes halogenated alkanes) is 1. The van der Waals surface area contributed by atoms with Crippen molar-refractivity contribution in [2.24, 2.45) is 5.73 Å². The molecule has 0 heterocycles. The lowest BCUT2D eigenvalue weighted by Gasteiger charge is -2.07. The topological polar surface area (TPSA) is 195 Å². The normalized spacial score (nSPS) is 9.29. The van der Waals surface area contributed by atoms with E-state index in [-0.39, 0.29) is 49.7 Å². The zero-order valence-corrected chi connectivity index (χ0v) is 28.1. The molecule has 258 valence electrons. The van der Waals surface area contributed by atoms with Crippen LogP contribution in [0.3, 0.4) is 0 Å². The lowest BCUT2D eigenvalue weighted by molar-refractivity contribution is -0.144. The van der Waals surface area contributed by atoms with Crippen molar-refractivity contribution in [1.82, 2.24) is 16.0 Å². The third-order valence-electron chi connectivity index (χ3n) is 5.07. The van der Waals surface area contributed by atoms with E-state index >= 15 is 0 Å². The number of rotatable bonds is 20. The molecule has 0 saturated carbocycles. The Bertz CT molecular complexity index is 927. The van der Waals surface area contributed by atoms with E-state index in [2.05, 4.69) is 35.1 Å². The van der Waals surface area contributed by atoms with Crippen LogP contribution in [0.5, 0.6) is 0 Å². The summed E-state index contributed by atoms with van der Waals surface area (Å²) >= 11 is 0. The van der Waals surface area contributed by atoms with Crippen LogP contribution in [0.25, 0.3) is 0 Å². The molecule has 0 radical (unpaired) electrons. The molecule has 45 heavy (non-hydrogen) atoms. The summed E-state index contributed by atoms with van der Waals surface area (Å²) < 4.78 is 10.2. The maximum Gasteiger partial charge on any atom is 0.312 e. The first kappa shape index (κ1) is 45.4. The molecule has 1 aromatic rings. The number of benzene rings is 1. The zero-order valence-electron chi connectivity index (χ0n) is 28.1. The van der Waals surface area contributed by atoms with E-state index in [1.54, 1.807) is 31.2 Å². The Morgan fingerprint density at radius 2 is 1.38 bits per heavy atom. The predicted molar refractivity (Wildman–Crippen MR) is 176 cm³/mol. The SMILES string of the molecule is CC.CCC.CCC(=O)OCc1ccc(NC=O)cc1.CCCC(=O)CCOCCC(=O)NCC(=O)NCCCCNC(N)=O.